The Hall–Kier alpha value is -0.860. The molecule has 0 aromatic heterocycles. The molecule has 2 nitrogen and oxygen atoms in total. The van der Waals surface area contributed by atoms with Gasteiger partial charge in [0.15, 0.2) is 0 Å². The van der Waals surface area contributed by atoms with Crippen molar-refractivity contribution >= 4 is 0 Å². The van der Waals surface area contributed by atoms with Crippen molar-refractivity contribution in [3.05, 3.63) is 35.9 Å². The fraction of sp³-hybridized carbons (Fsp3) is 0.400. The van der Waals surface area contributed by atoms with E-state index in [2.05, 4.69) is 47.6 Å². The molecule has 0 amide bonds. The summed E-state index contributed by atoms with van der Waals surface area (Å²) in [6, 6.07) is 10.6. The highest BCUT2D eigenvalue weighted by Crippen LogP contribution is 2.18. The summed E-state index contributed by atoms with van der Waals surface area (Å²) in [5.41, 5.74) is 1.36. The first-order chi connectivity index (χ1) is 5.88. The molecule has 64 valence electrons. The molecule has 1 aliphatic heterocycles. The number of benzene rings is 1. The number of rotatable bonds is 1. The largest absolute Gasteiger partial charge is 0.297 e. The van der Waals surface area contributed by atoms with Crippen LogP contribution >= 0.6 is 0 Å². The van der Waals surface area contributed by atoms with Crippen LogP contribution in [-0.2, 0) is 0 Å². The average molecular weight is 162 g/mol. The number of nitrogens with one attached hydrogen (secondary N) is 1. The van der Waals surface area contributed by atoms with Crippen LogP contribution in [0.2, 0.25) is 0 Å². The zero-order chi connectivity index (χ0) is 8.39. The minimum absolute atomic E-state index is 0.422. The van der Waals surface area contributed by atoms with Crippen molar-refractivity contribution < 1.29 is 0 Å². The lowest BCUT2D eigenvalue weighted by molar-refractivity contribution is 0.301. The van der Waals surface area contributed by atoms with Crippen LogP contribution in [0.15, 0.2) is 30.3 Å². The van der Waals surface area contributed by atoms with Crippen LogP contribution in [0, 0.1) is 0 Å². The quantitative estimate of drug-likeness (QED) is 0.668. The summed E-state index contributed by atoms with van der Waals surface area (Å²) < 4.78 is 0. The van der Waals surface area contributed by atoms with Gasteiger partial charge in [-0.3, -0.25) is 10.2 Å². The summed E-state index contributed by atoms with van der Waals surface area (Å²) >= 11 is 0. The molecule has 0 saturated carbocycles. The van der Waals surface area contributed by atoms with Crippen LogP contribution in [0.5, 0.6) is 0 Å². The molecule has 1 aromatic rings. The van der Waals surface area contributed by atoms with Crippen LogP contribution in [0.1, 0.15) is 11.7 Å². The van der Waals surface area contributed by atoms with Gasteiger partial charge >= 0.3 is 0 Å². The molecule has 1 fully saturated rings. The van der Waals surface area contributed by atoms with Gasteiger partial charge in [-0.25, -0.2) is 0 Å². The Kier molecular flexibility index (Phi) is 2.11. The number of hydrogen-bond donors (Lipinski definition) is 1. The second-order valence-corrected chi connectivity index (χ2v) is 3.25. The predicted octanol–water partition coefficient (Wildman–Crippen LogP) is 1.22. The van der Waals surface area contributed by atoms with E-state index in [4.69, 9.17) is 0 Å². The lowest BCUT2D eigenvalue weighted by Crippen LogP contribution is -2.23. The SMILES string of the molecule is CN1CCNC1c1ccccc1. The predicted molar refractivity (Wildman–Crippen MR) is 49.8 cm³/mol. The highest BCUT2D eigenvalue weighted by Gasteiger charge is 2.20. The Bertz CT molecular complexity index is 245. The van der Waals surface area contributed by atoms with Gasteiger partial charge in [-0.05, 0) is 12.6 Å². The summed E-state index contributed by atoms with van der Waals surface area (Å²) in [4.78, 5) is 2.33. The van der Waals surface area contributed by atoms with E-state index in [0.717, 1.165) is 13.1 Å². The monoisotopic (exact) mass is 162 g/mol. The van der Waals surface area contributed by atoms with E-state index < -0.39 is 0 Å². The maximum absolute atomic E-state index is 3.45. The molecule has 0 aliphatic carbocycles. The number of nitrogens with zero attached hydrogens (tertiary/aromatic N) is 1. The molecule has 1 atom stereocenters. The molecule has 12 heavy (non-hydrogen) atoms. The van der Waals surface area contributed by atoms with E-state index in [9.17, 15) is 0 Å². The van der Waals surface area contributed by atoms with Crippen molar-refractivity contribution in [3.8, 4) is 0 Å². The van der Waals surface area contributed by atoms with Crippen LogP contribution in [0.4, 0.5) is 0 Å². The van der Waals surface area contributed by atoms with Gasteiger partial charge in [0.25, 0.3) is 0 Å². The van der Waals surface area contributed by atoms with E-state index in [0.29, 0.717) is 6.17 Å². The molecule has 0 bridgehead atoms. The third kappa shape index (κ3) is 1.36. The second kappa shape index (κ2) is 3.25. The molecule has 1 N–H and O–H groups in total. The molecular weight excluding hydrogens is 148 g/mol. The Morgan fingerprint density at radius 1 is 1.33 bits per heavy atom. The Morgan fingerprint density at radius 3 is 2.67 bits per heavy atom. The topological polar surface area (TPSA) is 15.3 Å². The van der Waals surface area contributed by atoms with Crippen LogP contribution < -0.4 is 5.32 Å². The molecule has 1 aromatic carbocycles. The third-order valence-corrected chi connectivity index (χ3v) is 2.36. The molecular formula is C10H14N2. The number of hydrogen-bond acceptors (Lipinski definition) is 2. The van der Waals surface area contributed by atoms with Crippen molar-refractivity contribution in [3.63, 3.8) is 0 Å². The summed E-state index contributed by atoms with van der Waals surface area (Å²) in [5, 5.41) is 3.45. The van der Waals surface area contributed by atoms with Crippen molar-refractivity contribution in [1.29, 1.82) is 0 Å². The lowest BCUT2D eigenvalue weighted by Gasteiger charge is -2.19. The zero-order valence-electron chi connectivity index (χ0n) is 7.33. The molecule has 0 spiro atoms. The Labute approximate surface area is 73.2 Å². The van der Waals surface area contributed by atoms with Crippen LogP contribution in [0.3, 0.4) is 0 Å². The molecule has 2 heteroatoms. The average Bonchev–Trinajstić information content (AvgIpc) is 2.53. The Balaban J connectivity index is 2.19. The van der Waals surface area contributed by atoms with Crippen molar-refractivity contribution in [2.45, 2.75) is 6.17 Å². The minimum atomic E-state index is 0.422. The fourth-order valence-electron chi connectivity index (χ4n) is 1.67. The Morgan fingerprint density at radius 2 is 2.08 bits per heavy atom. The van der Waals surface area contributed by atoms with Gasteiger partial charge in [-0.15, -0.1) is 0 Å². The maximum atomic E-state index is 3.45. The smallest absolute Gasteiger partial charge is 0.0859 e. The van der Waals surface area contributed by atoms with Gasteiger partial charge in [0.05, 0.1) is 6.17 Å². The minimum Gasteiger partial charge on any atom is -0.297 e. The van der Waals surface area contributed by atoms with Gasteiger partial charge in [0.1, 0.15) is 0 Å². The van der Waals surface area contributed by atoms with Crippen molar-refractivity contribution in [1.82, 2.24) is 10.2 Å². The van der Waals surface area contributed by atoms with E-state index in [1.165, 1.54) is 5.56 Å². The van der Waals surface area contributed by atoms with Crippen LogP contribution in [0.25, 0.3) is 0 Å². The van der Waals surface area contributed by atoms with E-state index >= 15 is 0 Å². The molecule has 1 heterocycles. The van der Waals surface area contributed by atoms with Crippen molar-refractivity contribution in [2.24, 2.45) is 0 Å². The summed E-state index contributed by atoms with van der Waals surface area (Å²) in [6.07, 6.45) is 0.422. The van der Waals surface area contributed by atoms with Gasteiger partial charge in [-0.2, -0.15) is 0 Å². The van der Waals surface area contributed by atoms with E-state index in [1.807, 2.05) is 0 Å². The summed E-state index contributed by atoms with van der Waals surface area (Å²) in [6.45, 7) is 2.23. The summed E-state index contributed by atoms with van der Waals surface area (Å²) in [5.74, 6) is 0. The highest BCUT2D eigenvalue weighted by atomic mass is 15.3. The first-order valence-corrected chi connectivity index (χ1v) is 4.36. The first-order valence-electron chi connectivity index (χ1n) is 4.36. The first kappa shape index (κ1) is 7.77. The fourth-order valence-corrected chi connectivity index (χ4v) is 1.67. The zero-order valence-corrected chi connectivity index (χ0v) is 7.33. The lowest BCUT2D eigenvalue weighted by atomic mass is 10.2. The number of likely N-dealkylation sites (N-methyl/N-ethyl adjacent to an activating group) is 1. The molecule has 2 rings (SSSR count). The molecule has 1 saturated heterocycles. The van der Waals surface area contributed by atoms with Gasteiger partial charge < -0.3 is 0 Å². The van der Waals surface area contributed by atoms with E-state index in [-0.39, 0.29) is 0 Å². The highest BCUT2D eigenvalue weighted by molar-refractivity contribution is 5.19. The third-order valence-electron chi connectivity index (χ3n) is 2.36. The standard InChI is InChI=1S/C10H14N2/c1-12-8-7-11-10(12)9-5-3-2-4-6-9/h2-6,10-11H,7-8H2,1H3. The normalized spacial score (nSPS) is 24.6. The second-order valence-electron chi connectivity index (χ2n) is 3.25. The van der Waals surface area contributed by atoms with Crippen molar-refractivity contribution in [2.75, 3.05) is 20.1 Å². The molecule has 1 aliphatic rings. The summed E-state index contributed by atoms with van der Waals surface area (Å²) in [7, 11) is 2.15. The van der Waals surface area contributed by atoms with E-state index in [1.54, 1.807) is 0 Å². The van der Waals surface area contributed by atoms with Gasteiger partial charge in [0, 0.05) is 13.1 Å². The molecule has 0 radical (unpaired) electrons. The van der Waals surface area contributed by atoms with Gasteiger partial charge in [-0.1, -0.05) is 30.3 Å². The van der Waals surface area contributed by atoms with Gasteiger partial charge in [0.2, 0.25) is 0 Å². The van der Waals surface area contributed by atoms with Crippen LogP contribution in [-0.4, -0.2) is 25.0 Å². The molecule has 1 unspecified atom stereocenters. The maximum Gasteiger partial charge on any atom is 0.0859 e.